The molecule has 2 aliphatic heterocycles. The van der Waals surface area contributed by atoms with Crippen LogP contribution in [0.15, 0.2) is 0 Å². The molecule has 0 spiro atoms. The third-order valence-electron chi connectivity index (χ3n) is 3.32. The van der Waals surface area contributed by atoms with Gasteiger partial charge in [0, 0.05) is 25.7 Å². The van der Waals surface area contributed by atoms with Crippen LogP contribution in [-0.4, -0.2) is 54.5 Å². The number of likely N-dealkylation sites (tertiary alicyclic amines) is 2. The van der Waals surface area contributed by atoms with Crippen LogP contribution in [0.3, 0.4) is 0 Å². The summed E-state index contributed by atoms with van der Waals surface area (Å²) in [4.78, 5) is 15.9. The van der Waals surface area contributed by atoms with Crippen LogP contribution >= 0.6 is 0 Å². The van der Waals surface area contributed by atoms with Crippen molar-refractivity contribution < 1.29 is 4.79 Å². The summed E-state index contributed by atoms with van der Waals surface area (Å²) < 4.78 is 0. The van der Waals surface area contributed by atoms with Crippen molar-refractivity contribution in [3.8, 4) is 0 Å². The standard InChI is InChI=1S/C10H19N3O/c11-7-9-3-1-4-13(9)8-10(14)12-5-2-6-12/h9H,1-8,11H2. The van der Waals surface area contributed by atoms with E-state index in [1.807, 2.05) is 4.90 Å². The van der Waals surface area contributed by atoms with Gasteiger partial charge in [-0.1, -0.05) is 0 Å². The van der Waals surface area contributed by atoms with Gasteiger partial charge in [0.2, 0.25) is 5.91 Å². The van der Waals surface area contributed by atoms with Crippen molar-refractivity contribution in [2.75, 3.05) is 32.7 Å². The zero-order chi connectivity index (χ0) is 9.97. The lowest BCUT2D eigenvalue weighted by Crippen LogP contribution is -2.49. The molecule has 2 aliphatic rings. The van der Waals surface area contributed by atoms with Crippen LogP contribution in [0.25, 0.3) is 0 Å². The lowest BCUT2D eigenvalue weighted by molar-refractivity contribution is -0.136. The monoisotopic (exact) mass is 197 g/mol. The van der Waals surface area contributed by atoms with Gasteiger partial charge in [-0.3, -0.25) is 9.69 Å². The number of carbonyl (C=O) groups is 1. The van der Waals surface area contributed by atoms with Crippen LogP contribution in [0.2, 0.25) is 0 Å². The zero-order valence-electron chi connectivity index (χ0n) is 8.61. The summed E-state index contributed by atoms with van der Waals surface area (Å²) in [5.74, 6) is 0.289. The number of hydrogen-bond acceptors (Lipinski definition) is 3. The number of nitrogens with two attached hydrogens (primary N) is 1. The molecule has 0 aromatic carbocycles. The number of nitrogens with zero attached hydrogens (tertiary/aromatic N) is 2. The molecule has 1 unspecified atom stereocenters. The first-order valence-electron chi connectivity index (χ1n) is 5.53. The van der Waals surface area contributed by atoms with E-state index >= 15 is 0 Å². The minimum atomic E-state index is 0.289. The van der Waals surface area contributed by atoms with Crippen LogP contribution in [0.1, 0.15) is 19.3 Å². The quantitative estimate of drug-likeness (QED) is 0.672. The minimum Gasteiger partial charge on any atom is -0.341 e. The van der Waals surface area contributed by atoms with E-state index in [1.165, 1.54) is 12.8 Å². The van der Waals surface area contributed by atoms with E-state index in [2.05, 4.69) is 4.90 Å². The van der Waals surface area contributed by atoms with E-state index in [4.69, 9.17) is 5.73 Å². The van der Waals surface area contributed by atoms with E-state index < -0.39 is 0 Å². The Morgan fingerprint density at radius 2 is 2.07 bits per heavy atom. The van der Waals surface area contributed by atoms with Gasteiger partial charge in [0.05, 0.1) is 6.54 Å². The Labute approximate surface area is 85.0 Å². The van der Waals surface area contributed by atoms with Crippen molar-refractivity contribution >= 4 is 5.91 Å². The first kappa shape index (κ1) is 9.93. The Kier molecular flexibility index (Phi) is 3.03. The second kappa shape index (κ2) is 4.28. The summed E-state index contributed by atoms with van der Waals surface area (Å²) in [5.41, 5.74) is 5.66. The molecular formula is C10H19N3O. The predicted molar refractivity (Wildman–Crippen MR) is 54.8 cm³/mol. The largest absolute Gasteiger partial charge is 0.341 e. The summed E-state index contributed by atoms with van der Waals surface area (Å²) in [6.45, 7) is 4.23. The highest BCUT2D eigenvalue weighted by molar-refractivity contribution is 5.79. The SMILES string of the molecule is NCC1CCCN1CC(=O)N1CCC1. The van der Waals surface area contributed by atoms with E-state index in [1.54, 1.807) is 0 Å². The normalized spacial score (nSPS) is 27.8. The number of rotatable bonds is 3. The first-order chi connectivity index (χ1) is 6.81. The van der Waals surface area contributed by atoms with E-state index in [-0.39, 0.29) is 5.91 Å². The molecule has 0 saturated carbocycles. The van der Waals surface area contributed by atoms with Gasteiger partial charge < -0.3 is 10.6 Å². The Morgan fingerprint density at radius 1 is 1.29 bits per heavy atom. The van der Waals surface area contributed by atoms with Crippen molar-refractivity contribution in [2.45, 2.75) is 25.3 Å². The van der Waals surface area contributed by atoms with Crippen LogP contribution in [-0.2, 0) is 4.79 Å². The molecule has 2 fully saturated rings. The molecule has 0 aromatic rings. The molecule has 4 heteroatoms. The van der Waals surface area contributed by atoms with Gasteiger partial charge in [-0.2, -0.15) is 0 Å². The fraction of sp³-hybridized carbons (Fsp3) is 0.900. The molecule has 0 aliphatic carbocycles. The molecule has 2 rings (SSSR count). The Hall–Kier alpha value is -0.610. The Bertz CT molecular complexity index is 215. The number of carbonyl (C=O) groups excluding carboxylic acids is 1. The maximum absolute atomic E-state index is 11.7. The third kappa shape index (κ3) is 1.91. The molecule has 80 valence electrons. The van der Waals surface area contributed by atoms with Crippen LogP contribution in [0, 0.1) is 0 Å². The van der Waals surface area contributed by atoms with E-state index in [9.17, 15) is 4.79 Å². The molecule has 14 heavy (non-hydrogen) atoms. The number of amides is 1. The molecule has 2 N–H and O–H groups in total. The Morgan fingerprint density at radius 3 is 2.64 bits per heavy atom. The molecule has 4 nitrogen and oxygen atoms in total. The highest BCUT2D eigenvalue weighted by Gasteiger charge is 2.28. The summed E-state index contributed by atoms with van der Waals surface area (Å²) >= 11 is 0. The second-order valence-electron chi connectivity index (χ2n) is 4.24. The third-order valence-corrected chi connectivity index (χ3v) is 3.32. The lowest BCUT2D eigenvalue weighted by Gasteiger charge is -2.33. The van der Waals surface area contributed by atoms with Gasteiger partial charge >= 0.3 is 0 Å². The molecule has 0 aromatic heterocycles. The van der Waals surface area contributed by atoms with E-state index in [0.29, 0.717) is 19.1 Å². The molecule has 2 heterocycles. The number of hydrogen-bond donors (Lipinski definition) is 1. The van der Waals surface area contributed by atoms with Gasteiger partial charge in [-0.25, -0.2) is 0 Å². The highest BCUT2D eigenvalue weighted by Crippen LogP contribution is 2.16. The summed E-state index contributed by atoms with van der Waals surface area (Å²) in [6.07, 6.45) is 3.52. The summed E-state index contributed by atoms with van der Waals surface area (Å²) in [5, 5.41) is 0. The van der Waals surface area contributed by atoms with Crippen molar-refractivity contribution in [1.29, 1.82) is 0 Å². The maximum atomic E-state index is 11.7. The van der Waals surface area contributed by atoms with Gasteiger partial charge in [0.25, 0.3) is 0 Å². The van der Waals surface area contributed by atoms with Gasteiger partial charge in [-0.05, 0) is 25.8 Å². The summed E-state index contributed by atoms with van der Waals surface area (Å²) in [6, 6.07) is 0.445. The van der Waals surface area contributed by atoms with Crippen LogP contribution in [0.5, 0.6) is 0 Å². The predicted octanol–water partition coefficient (Wildman–Crippen LogP) is -0.358. The van der Waals surface area contributed by atoms with Crippen molar-refractivity contribution in [2.24, 2.45) is 5.73 Å². The molecule has 1 atom stereocenters. The van der Waals surface area contributed by atoms with Crippen LogP contribution in [0.4, 0.5) is 0 Å². The van der Waals surface area contributed by atoms with Crippen molar-refractivity contribution in [3.63, 3.8) is 0 Å². The Balaban J connectivity index is 1.80. The fourth-order valence-electron chi connectivity index (χ4n) is 2.21. The first-order valence-corrected chi connectivity index (χ1v) is 5.53. The van der Waals surface area contributed by atoms with Crippen LogP contribution < -0.4 is 5.73 Å². The molecule has 0 bridgehead atoms. The van der Waals surface area contributed by atoms with Gasteiger partial charge in [-0.15, -0.1) is 0 Å². The molecule has 1 amide bonds. The molecule has 2 saturated heterocycles. The maximum Gasteiger partial charge on any atom is 0.236 e. The summed E-state index contributed by atoms with van der Waals surface area (Å²) in [7, 11) is 0. The van der Waals surface area contributed by atoms with E-state index in [0.717, 1.165) is 26.1 Å². The lowest BCUT2D eigenvalue weighted by atomic mass is 10.2. The van der Waals surface area contributed by atoms with Crippen molar-refractivity contribution in [3.05, 3.63) is 0 Å². The molecule has 0 radical (unpaired) electrons. The van der Waals surface area contributed by atoms with Gasteiger partial charge in [0.15, 0.2) is 0 Å². The average molecular weight is 197 g/mol. The average Bonchev–Trinajstić information content (AvgIpc) is 2.48. The highest BCUT2D eigenvalue weighted by atomic mass is 16.2. The fourth-order valence-corrected chi connectivity index (χ4v) is 2.21. The second-order valence-corrected chi connectivity index (χ2v) is 4.24. The minimum absolute atomic E-state index is 0.289. The van der Waals surface area contributed by atoms with Crippen molar-refractivity contribution in [1.82, 2.24) is 9.80 Å². The zero-order valence-corrected chi connectivity index (χ0v) is 8.61. The topological polar surface area (TPSA) is 49.6 Å². The smallest absolute Gasteiger partial charge is 0.236 e. The molecular weight excluding hydrogens is 178 g/mol. The van der Waals surface area contributed by atoms with Gasteiger partial charge in [0.1, 0.15) is 0 Å².